The summed E-state index contributed by atoms with van der Waals surface area (Å²) in [5.41, 5.74) is 0.529. The van der Waals surface area contributed by atoms with Crippen LogP contribution in [0.5, 0.6) is 0 Å². The fourth-order valence-corrected chi connectivity index (χ4v) is 2.65. The average Bonchev–Trinajstić information content (AvgIpc) is 2.26. The number of anilines is 1. The number of carbonyl (C=O) groups is 2. The molecule has 1 amide bonds. The molecule has 1 aliphatic rings. The standard InChI is InChI=1S/C13H15NO4S.Na/c1-19(18)9-4-2-3-8(7-9)14-12(15)10-5-6-11(10)13(16)17;/h2-4,7,10-11H,5-6H2,1H3,(H,14,15)(H,16,17);/q;+1/p-1/t10-,11+,19?;/m1./s1. The van der Waals surface area contributed by atoms with Crippen molar-refractivity contribution in [1.29, 1.82) is 0 Å². The number of aliphatic carboxylic acids is 1. The van der Waals surface area contributed by atoms with Gasteiger partial charge in [0.1, 0.15) is 0 Å². The maximum atomic E-state index is 11.9. The zero-order valence-corrected chi connectivity index (χ0v) is 14.2. The molecule has 5 nitrogen and oxygen atoms in total. The summed E-state index contributed by atoms with van der Waals surface area (Å²) in [6.07, 6.45) is 2.60. The van der Waals surface area contributed by atoms with Gasteiger partial charge >= 0.3 is 29.6 Å². The molecular weight excluding hydrogens is 289 g/mol. The molecule has 0 aliphatic heterocycles. The summed E-state index contributed by atoms with van der Waals surface area (Å²) in [5, 5.41) is 13.4. The van der Waals surface area contributed by atoms with Crippen molar-refractivity contribution in [1.82, 2.24) is 0 Å². The second-order valence-electron chi connectivity index (χ2n) is 4.58. The van der Waals surface area contributed by atoms with Crippen LogP contribution in [0, 0.1) is 11.8 Å². The van der Waals surface area contributed by atoms with Gasteiger partial charge < -0.3 is 15.2 Å². The number of rotatable bonds is 4. The van der Waals surface area contributed by atoms with Crippen LogP contribution in [0.1, 0.15) is 12.8 Å². The monoisotopic (exact) mass is 303 g/mol. The van der Waals surface area contributed by atoms with Gasteiger partial charge in [0.15, 0.2) is 0 Å². The van der Waals surface area contributed by atoms with Crippen molar-refractivity contribution in [2.24, 2.45) is 11.8 Å². The van der Waals surface area contributed by atoms with E-state index in [0.29, 0.717) is 23.4 Å². The molecule has 7 heteroatoms. The Morgan fingerprint density at radius 3 is 2.45 bits per heavy atom. The Balaban J connectivity index is 0.00000200. The fourth-order valence-electron chi connectivity index (χ4n) is 2.08. The van der Waals surface area contributed by atoms with Gasteiger partial charge in [-0.3, -0.25) is 9.00 Å². The second kappa shape index (κ2) is 7.36. The molecule has 20 heavy (non-hydrogen) atoms. The molecule has 1 aromatic carbocycles. The predicted octanol–water partition coefficient (Wildman–Crippen LogP) is -2.86. The van der Waals surface area contributed by atoms with Crippen molar-refractivity contribution < 1.29 is 48.5 Å². The summed E-state index contributed by atoms with van der Waals surface area (Å²) in [7, 11) is -1.12. The van der Waals surface area contributed by atoms with Gasteiger partial charge in [-0.1, -0.05) is 6.07 Å². The Morgan fingerprint density at radius 1 is 1.30 bits per heavy atom. The average molecular weight is 303 g/mol. The van der Waals surface area contributed by atoms with E-state index in [1.807, 2.05) is 0 Å². The van der Waals surface area contributed by atoms with Crippen LogP contribution in [-0.2, 0) is 20.4 Å². The Morgan fingerprint density at radius 2 is 1.95 bits per heavy atom. The van der Waals surface area contributed by atoms with E-state index in [1.54, 1.807) is 30.5 Å². The molecule has 1 N–H and O–H groups in total. The summed E-state index contributed by atoms with van der Waals surface area (Å²) in [5.74, 6) is -2.71. The summed E-state index contributed by atoms with van der Waals surface area (Å²) in [4.78, 5) is 23.3. The van der Waals surface area contributed by atoms with Gasteiger partial charge in [-0.2, -0.15) is 0 Å². The fraction of sp³-hybridized carbons (Fsp3) is 0.385. The largest absolute Gasteiger partial charge is 1.00 e. The number of amides is 1. The van der Waals surface area contributed by atoms with Gasteiger partial charge in [-0.05, 0) is 31.0 Å². The van der Waals surface area contributed by atoms with Crippen molar-refractivity contribution in [3.05, 3.63) is 24.3 Å². The summed E-state index contributed by atoms with van der Waals surface area (Å²) >= 11 is 0. The zero-order valence-electron chi connectivity index (χ0n) is 11.4. The van der Waals surface area contributed by atoms with Gasteiger partial charge in [-0.25, -0.2) is 0 Å². The van der Waals surface area contributed by atoms with Crippen molar-refractivity contribution in [3.8, 4) is 0 Å². The van der Waals surface area contributed by atoms with Crippen LogP contribution < -0.4 is 40.0 Å². The van der Waals surface area contributed by atoms with Crippen LogP contribution in [-0.4, -0.2) is 22.3 Å². The minimum atomic E-state index is -1.17. The van der Waals surface area contributed by atoms with Crippen LogP contribution in [0.4, 0.5) is 5.69 Å². The third kappa shape index (κ3) is 3.91. The zero-order chi connectivity index (χ0) is 14.0. The molecule has 102 valence electrons. The van der Waals surface area contributed by atoms with Crippen molar-refractivity contribution in [3.63, 3.8) is 0 Å². The minimum absolute atomic E-state index is 0. The van der Waals surface area contributed by atoms with E-state index < -0.39 is 28.6 Å². The van der Waals surface area contributed by atoms with Gasteiger partial charge in [0.05, 0.1) is 0 Å². The normalized spacial score (nSPS) is 22.1. The Hall–Kier alpha value is -0.690. The first-order valence-electron chi connectivity index (χ1n) is 5.94. The third-order valence-electron chi connectivity index (χ3n) is 3.35. The number of benzene rings is 1. The van der Waals surface area contributed by atoms with Crippen molar-refractivity contribution in [2.75, 3.05) is 11.6 Å². The van der Waals surface area contributed by atoms with E-state index in [2.05, 4.69) is 5.32 Å². The molecule has 1 unspecified atom stereocenters. The smallest absolute Gasteiger partial charge is 0.550 e. The molecule has 0 spiro atoms. The second-order valence-corrected chi connectivity index (χ2v) is 5.96. The number of carboxylic acids is 1. The van der Waals surface area contributed by atoms with E-state index in [0.717, 1.165) is 0 Å². The first-order chi connectivity index (χ1) is 8.99. The molecule has 0 radical (unpaired) electrons. The quantitative estimate of drug-likeness (QED) is 0.606. The molecule has 1 saturated carbocycles. The predicted molar refractivity (Wildman–Crippen MR) is 68.6 cm³/mol. The van der Waals surface area contributed by atoms with Crippen LogP contribution in [0.3, 0.4) is 0 Å². The van der Waals surface area contributed by atoms with Gasteiger partial charge in [0.2, 0.25) is 5.91 Å². The Bertz CT molecular complexity index is 549. The Kier molecular flexibility index (Phi) is 6.39. The van der Waals surface area contributed by atoms with Gasteiger partial charge in [-0.15, -0.1) is 0 Å². The van der Waals surface area contributed by atoms with E-state index >= 15 is 0 Å². The molecule has 1 aliphatic carbocycles. The number of hydrogen-bond donors (Lipinski definition) is 1. The van der Waals surface area contributed by atoms with E-state index in [1.165, 1.54) is 0 Å². The molecule has 0 aromatic heterocycles. The van der Waals surface area contributed by atoms with E-state index in [9.17, 15) is 18.9 Å². The van der Waals surface area contributed by atoms with Crippen LogP contribution >= 0.6 is 0 Å². The molecule has 3 atom stereocenters. The number of carboxylic acid groups (broad SMARTS) is 1. The van der Waals surface area contributed by atoms with Crippen molar-refractivity contribution >= 4 is 28.4 Å². The van der Waals surface area contributed by atoms with Gasteiger partial charge in [0.25, 0.3) is 0 Å². The number of hydrogen-bond acceptors (Lipinski definition) is 4. The van der Waals surface area contributed by atoms with Crippen LogP contribution in [0.15, 0.2) is 29.2 Å². The molecule has 0 bridgehead atoms. The molecule has 2 rings (SSSR count). The topological polar surface area (TPSA) is 86.3 Å². The molecule has 1 aromatic rings. The van der Waals surface area contributed by atoms with E-state index in [-0.39, 0.29) is 35.5 Å². The molecule has 0 saturated heterocycles. The summed E-state index contributed by atoms with van der Waals surface area (Å²) < 4.78 is 11.3. The number of nitrogens with one attached hydrogen (secondary N) is 1. The minimum Gasteiger partial charge on any atom is -0.550 e. The van der Waals surface area contributed by atoms with E-state index in [4.69, 9.17) is 0 Å². The summed E-state index contributed by atoms with van der Waals surface area (Å²) in [6, 6.07) is 6.71. The first kappa shape index (κ1) is 17.4. The van der Waals surface area contributed by atoms with Crippen LogP contribution in [0.25, 0.3) is 0 Å². The maximum Gasteiger partial charge on any atom is 1.00 e. The first-order valence-corrected chi connectivity index (χ1v) is 7.50. The number of carbonyl (C=O) groups excluding carboxylic acids is 2. The van der Waals surface area contributed by atoms with Gasteiger partial charge in [0, 0.05) is 45.4 Å². The SMILES string of the molecule is CS(=O)c1cccc(NC(=O)[C@@H]2CC[C@@H]2C(=O)[O-])c1.[Na+]. The molecule has 1 fully saturated rings. The molecular formula is C13H14NNaO4S. The Labute approximate surface area is 141 Å². The summed E-state index contributed by atoms with van der Waals surface area (Å²) in [6.45, 7) is 0. The molecule has 0 heterocycles. The third-order valence-corrected chi connectivity index (χ3v) is 4.27. The van der Waals surface area contributed by atoms with Crippen LogP contribution in [0.2, 0.25) is 0 Å². The maximum absolute atomic E-state index is 11.9. The van der Waals surface area contributed by atoms with Crippen molar-refractivity contribution in [2.45, 2.75) is 17.7 Å².